The van der Waals surface area contributed by atoms with Crippen molar-refractivity contribution >= 4 is 45.5 Å². The minimum atomic E-state index is -0.771. The number of alkyl halides is 1. The van der Waals surface area contributed by atoms with E-state index in [0.29, 0.717) is 13.0 Å². The van der Waals surface area contributed by atoms with Gasteiger partial charge in [0.1, 0.15) is 12.6 Å². The predicted molar refractivity (Wildman–Crippen MR) is 147 cm³/mol. The molecule has 7 nitrogen and oxygen atoms in total. The fourth-order valence-electron chi connectivity index (χ4n) is 6.38. The Balaban J connectivity index is 2.14. The predicted octanol–water partition coefficient (Wildman–Crippen LogP) is 3.79. The lowest BCUT2D eigenvalue weighted by Crippen LogP contribution is -2.60. The first-order valence-electron chi connectivity index (χ1n) is 13.1. The second-order valence-corrected chi connectivity index (χ2v) is 13.1. The van der Waals surface area contributed by atoms with Crippen molar-refractivity contribution in [1.82, 2.24) is 9.80 Å². The highest BCUT2D eigenvalue weighted by Crippen LogP contribution is 2.68. The molecule has 0 aromatic heterocycles. The second kappa shape index (κ2) is 12.0. The number of amides is 2. The number of hydrogen-bond acceptors (Lipinski definition) is 6. The normalized spacial score (nSPS) is 33.1. The van der Waals surface area contributed by atoms with Gasteiger partial charge < -0.3 is 19.6 Å². The number of halogens is 1. The molecule has 2 amide bonds. The molecule has 1 N–H and O–H groups in total. The summed E-state index contributed by atoms with van der Waals surface area (Å²) in [6, 6.07) is -1.31. The van der Waals surface area contributed by atoms with Gasteiger partial charge in [-0.25, -0.2) is 0 Å². The number of rotatable bonds is 13. The third-order valence-corrected chi connectivity index (χ3v) is 11.5. The third kappa shape index (κ3) is 4.80. The number of carbonyl (C=O) groups is 3. The van der Waals surface area contributed by atoms with E-state index in [4.69, 9.17) is 4.74 Å². The zero-order valence-electron chi connectivity index (χ0n) is 21.9. The number of hydrogen-bond donors (Lipinski definition) is 1. The van der Waals surface area contributed by atoms with E-state index in [-0.39, 0.29) is 47.1 Å². The summed E-state index contributed by atoms with van der Waals surface area (Å²) in [5.74, 6) is -2.10. The lowest BCUT2D eigenvalue weighted by atomic mass is 9.71. The zero-order valence-corrected chi connectivity index (χ0v) is 24.3. The molecule has 0 aliphatic carbocycles. The van der Waals surface area contributed by atoms with Crippen LogP contribution in [-0.4, -0.2) is 85.4 Å². The van der Waals surface area contributed by atoms with Crippen LogP contribution in [0, 0.1) is 17.8 Å². The molecule has 3 aliphatic rings. The molecule has 0 saturated carbocycles. The molecule has 3 heterocycles. The first kappa shape index (κ1) is 29.2. The number of ether oxygens (including phenoxy) is 1. The van der Waals surface area contributed by atoms with Crippen molar-refractivity contribution < 1.29 is 24.2 Å². The van der Waals surface area contributed by atoms with Gasteiger partial charge in [-0.05, 0) is 25.7 Å². The van der Waals surface area contributed by atoms with Gasteiger partial charge in [0.25, 0.3) is 0 Å². The molecule has 3 aliphatic heterocycles. The smallest absolute Gasteiger partial charge is 0.311 e. The van der Waals surface area contributed by atoms with E-state index >= 15 is 0 Å². The summed E-state index contributed by atoms with van der Waals surface area (Å²) in [6.45, 7) is 15.8. The summed E-state index contributed by atoms with van der Waals surface area (Å²) in [5, 5.41) is 10.3. The van der Waals surface area contributed by atoms with E-state index in [2.05, 4.69) is 36.0 Å². The monoisotopic (exact) mass is 584 g/mol. The van der Waals surface area contributed by atoms with Crippen LogP contribution in [0.3, 0.4) is 0 Å². The summed E-state index contributed by atoms with van der Waals surface area (Å²) < 4.78 is 4.69. The molecule has 0 aromatic rings. The summed E-state index contributed by atoms with van der Waals surface area (Å²) >= 11 is 5.36. The van der Waals surface area contributed by atoms with Gasteiger partial charge in [-0.1, -0.05) is 68.3 Å². The molecule has 36 heavy (non-hydrogen) atoms. The molecule has 4 unspecified atom stereocenters. The van der Waals surface area contributed by atoms with E-state index in [1.54, 1.807) is 22.7 Å². The fourth-order valence-corrected chi connectivity index (χ4v) is 9.96. The number of fused-ring (bicyclic) bond motifs is 1. The molecule has 9 heteroatoms. The Bertz CT molecular complexity index is 871. The van der Waals surface area contributed by atoms with Crippen LogP contribution in [0.5, 0.6) is 0 Å². The highest BCUT2D eigenvalue weighted by atomic mass is 79.9. The van der Waals surface area contributed by atoms with Gasteiger partial charge in [-0.2, -0.15) is 0 Å². The van der Waals surface area contributed by atoms with Gasteiger partial charge in [0.2, 0.25) is 11.8 Å². The second-order valence-electron chi connectivity index (χ2n) is 10.4. The van der Waals surface area contributed by atoms with Crippen molar-refractivity contribution in [1.29, 1.82) is 0 Å². The fraction of sp³-hybridized carbons (Fsp3) is 0.741. The Hall–Kier alpha value is -1.32. The molecule has 3 rings (SSSR count). The molecule has 2 bridgehead atoms. The molecule has 3 saturated heterocycles. The molecular weight excluding hydrogens is 544 g/mol. The van der Waals surface area contributed by atoms with Crippen LogP contribution in [0.4, 0.5) is 0 Å². The quantitative estimate of drug-likeness (QED) is 0.201. The Kier molecular flexibility index (Phi) is 9.77. The van der Waals surface area contributed by atoms with Gasteiger partial charge >= 0.3 is 5.97 Å². The van der Waals surface area contributed by atoms with Crippen molar-refractivity contribution in [3.8, 4) is 0 Å². The lowest BCUT2D eigenvalue weighted by Gasteiger charge is -2.42. The van der Waals surface area contributed by atoms with Gasteiger partial charge in [-0.3, -0.25) is 14.4 Å². The van der Waals surface area contributed by atoms with Gasteiger partial charge in [-0.15, -0.1) is 18.3 Å². The van der Waals surface area contributed by atoms with Crippen LogP contribution in [0.15, 0.2) is 25.3 Å². The number of thioether (sulfide) groups is 1. The number of nitrogens with zero attached hydrogens (tertiary/aromatic N) is 2. The number of carbonyl (C=O) groups excluding carboxylic acids is 3. The number of esters is 1. The molecule has 3 fully saturated rings. The average molecular weight is 586 g/mol. The van der Waals surface area contributed by atoms with Crippen molar-refractivity contribution in [2.75, 3.05) is 19.8 Å². The number of aliphatic hydroxyl groups excluding tert-OH is 1. The summed E-state index contributed by atoms with van der Waals surface area (Å²) in [5.41, 5.74) is 0. The minimum Gasteiger partial charge on any atom is -0.461 e. The van der Waals surface area contributed by atoms with E-state index in [9.17, 15) is 19.5 Å². The van der Waals surface area contributed by atoms with Crippen molar-refractivity contribution in [3.05, 3.63) is 25.3 Å². The van der Waals surface area contributed by atoms with Crippen molar-refractivity contribution in [2.24, 2.45) is 17.8 Å². The molecule has 9 atom stereocenters. The first-order chi connectivity index (χ1) is 17.1. The van der Waals surface area contributed by atoms with Gasteiger partial charge in [0.15, 0.2) is 0 Å². The van der Waals surface area contributed by atoms with Gasteiger partial charge in [0.05, 0.1) is 29.2 Å². The Morgan fingerprint density at radius 1 is 1.33 bits per heavy atom. The zero-order chi connectivity index (χ0) is 26.8. The maximum Gasteiger partial charge on any atom is 0.311 e. The molecule has 0 aromatic carbocycles. The Labute approximate surface area is 228 Å². The summed E-state index contributed by atoms with van der Waals surface area (Å²) in [4.78, 5) is 45.4. The Morgan fingerprint density at radius 2 is 2.03 bits per heavy atom. The van der Waals surface area contributed by atoms with E-state index in [1.807, 2.05) is 25.7 Å². The van der Waals surface area contributed by atoms with Crippen molar-refractivity contribution in [3.63, 3.8) is 0 Å². The first-order valence-corrected chi connectivity index (χ1v) is 14.9. The van der Waals surface area contributed by atoms with Crippen LogP contribution in [0.2, 0.25) is 0 Å². The van der Waals surface area contributed by atoms with Crippen LogP contribution in [0.25, 0.3) is 0 Å². The minimum absolute atomic E-state index is 0.0152. The lowest BCUT2D eigenvalue weighted by molar-refractivity contribution is -0.154. The SMILES string of the molecule is C=CCOC(=O)[C@H]1[C@H]2C(=O)N([C@@H](CO)[C@@H](C)CC)C(C(=O)N(CC=C)C(C)CCC)C23CC(Br)[C@@H]1S3. The molecule has 0 radical (unpaired) electrons. The van der Waals surface area contributed by atoms with E-state index in [0.717, 1.165) is 19.3 Å². The molecule has 202 valence electrons. The number of aliphatic hydroxyl groups is 1. The van der Waals surface area contributed by atoms with E-state index in [1.165, 1.54) is 6.08 Å². The highest BCUT2D eigenvalue weighted by molar-refractivity contribution is 9.09. The number of likely N-dealkylation sites (tertiary alicyclic amines) is 1. The summed E-state index contributed by atoms with van der Waals surface area (Å²) in [6.07, 6.45) is 6.34. The van der Waals surface area contributed by atoms with Crippen LogP contribution in [0.1, 0.15) is 53.4 Å². The van der Waals surface area contributed by atoms with Crippen molar-refractivity contribution in [2.45, 2.75) is 86.3 Å². The summed E-state index contributed by atoms with van der Waals surface area (Å²) in [7, 11) is 0. The molecule has 1 spiro atoms. The van der Waals surface area contributed by atoms with Gasteiger partial charge in [0, 0.05) is 22.7 Å². The Morgan fingerprint density at radius 3 is 2.58 bits per heavy atom. The van der Waals surface area contributed by atoms with Crippen LogP contribution < -0.4 is 0 Å². The maximum atomic E-state index is 14.5. The molecular formula is C27H41BrN2O5S. The largest absolute Gasteiger partial charge is 0.461 e. The van der Waals surface area contributed by atoms with Crippen LogP contribution >= 0.6 is 27.7 Å². The standard InChI is InChI=1S/C27H41BrN2O5S/c1-7-11-17(6)29(12-8-2)25(33)23-27-14-18(28)22(36-27)20(26(34)35-13-9-3)21(27)24(32)30(23)19(15-31)16(5)10-4/h8-9,16-23,31H,2-3,7,10-15H2,1,4-6H3/t16-,17?,18?,19-,20-,21-,22-,23?,27?/m0/s1. The van der Waals surface area contributed by atoms with Crippen LogP contribution in [-0.2, 0) is 19.1 Å². The van der Waals surface area contributed by atoms with E-state index < -0.39 is 34.6 Å². The topological polar surface area (TPSA) is 87.1 Å². The highest BCUT2D eigenvalue weighted by Gasteiger charge is 2.76. The maximum absolute atomic E-state index is 14.5. The average Bonchev–Trinajstić information content (AvgIpc) is 3.44. The third-order valence-electron chi connectivity index (χ3n) is 8.27.